The van der Waals surface area contributed by atoms with Crippen molar-refractivity contribution in [3.63, 3.8) is 0 Å². The van der Waals surface area contributed by atoms with Gasteiger partial charge in [0.05, 0.1) is 23.6 Å². The van der Waals surface area contributed by atoms with Gasteiger partial charge < -0.3 is 10.1 Å². The number of nitrogens with zero attached hydrogens (tertiary/aromatic N) is 4. The van der Waals surface area contributed by atoms with E-state index in [1.54, 1.807) is 0 Å². The third kappa shape index (κ3) is 5.15. The van der Waals surface area contributed by atoms with Crippen molar-refractivity contribution in [1.82, 2.24) is 19.7 Å². The number of ether oxygens (including phenoxy) is 1. The summed E-state index contributed by atoms with van der Waals surface area (Å²) in [5.41, 5.74) is 4.26. The maximum Gasteiger partial charge on any atom is 0.226 e. The SMILES string of the molecule is Cc1nn(C)c(C)c1CCC(=O)Nc1nc(CN2CC(C)OC(C)C2)cs1. The smallest absolute Gasteiger partial charge is 0.226 e. The fraction of sp³-hybridized carbons (Fsp3) is 0.632. The first kappa shape index (κ1) is 20.0. The van der Waals surface area contributed by atoms with Gasteiger partial charge in [0.15, 0.2) is 5.13 Å². The molecule has 0 saturated carbocycles. The van der Waals surface area contributed by atoms with Crippen molar-refractivity contribution in [1.29, 1.82) is 0 Å². The Hall–Kier alpha value is -1.77. The van der Waals surface area contributed by atoms with E-state index in [4.69, 9.17) is 4.74 Å². The molecule has 8 heteroatoms. The second-order valence-corrected chi connectivity index (χ2v) is 8.27. The number of thiazole rings is 1. The quantitative estimate of drug-likeness (QED) is 0.820. The van der Waals surface area contributed by atoms with Crippen molar-refractivity contribution < 1.29 is 9.53 Å². The summed E-state index contributed by atoms with van der Waals surface area (Å²) >= 11 is 1.48. The molecule has 1 aliphatic rings. The summed E-state index contributed by atoms with van der Waals surface area (Å²) < 4.78 is 7.64. The molecular formula is C19H29N5O2S. The topological polar surface area (TPSA) is 72.3 Å². The first-order chi connectivity index (χ1) is 12.8. The maximum absolute atomic E-state index is 12.3. The highest BCUT2D eigenvalue weighted by atomic mass is 32.1. The van der Waals surface area contributed by atoms with E-state index in [9.17, 15) is 4.79 Å². The number of rotatable bonds is 6. The highest BCUT2D eigenvalue weighted by molar-refractivity contribution is 7.13. The number of carbonyl (C=O) groups is 1. The van der Waals surface area contributed by atoms with Crippen molar-refractivity contribution in [2.75, 3.05) is 18.4 Å². The van der Waals surface area contributed by atoms with Crippen molar-refractivity contribution in [2.45, 2.75) is 59.3 Å². The first-order valence-corrected chi connectivity index (χ1v) is 10.3. The Kier molecular flexibility index (Phi) is 6.29. The summed E-state index contributed by atoms with van der Waals surface area (Å²) in [6.45, 7) is 10.8. The van der Waals surface area contributed by atoms with Crippen LogP contribution >= 0.6 is 11.3 Å². The summed E-state index contributed by atoms with van der Waals surface area (Å²) in [5.74, 6) is -0.00725. The zero-order valence-corrected chi connectivity index (χ0v) is 17.6. The Bertz CT molecular complexity index is 790. The lowest BCUT2D eigenvalue weighted by atomic mass is 10.1. The molecule has 7 nitrogen and oxygen atoms in total. The fourth-order valence-corrected chi connectivity index (χ4v) is 4.40. The Morgan fingerprint density at radius 3 is 2.67 bits per heavy atom. The van der Waals surface area contributed by atoms with Gasteiger partial charge in [-0.1, -0.05) is 0 Å². The monoisotopic (exact) mass is 391 g/mol. The lowest BCUT2D eigenvalue weighted by molar-refractivity contribution is -0.116. The van der Waals surface area contributed by atoms with Crippen LogP contribution in [0, 0.1) is 13.8 Å². The largest absolute Gasteiger partial charge is 0.373 e. The van der Waals surface area contributed by atoms with Crippen LogP contribution < -0.4 is 5.32 Å². The van der Waals surface area contributed by atoms with E-state index < -0.39 is 0 Å². The van der Waals surface area contributed by atoms with E-state index in [0.29, 0.717) is 18.0 Å². The van der Waals surface area contributed by atoms with Gasteiger partial charge in [-0.3, -0.25) is 14.4 Å². The van der Waals surface area contributed by atoms with Crippen LogP contribution in [-0.2, 0) is 29.5 Å². The summed E-state index contributed by atoms with van der Waals surface area (Å²) in [6, 6.07) is 0. The van der Waals surface area contributed by atoms with Crippen molar-refractivity contribution >= 4 is 22.4 Å². The Morgan fingerprint density at radius 2 is 2.04 bits per heavy atom. The molecule has 1 amide bonds. The molecule has 1 aliphatic heterocycles. The van der Waals surface area contributed by atoms with Crippen LogP contribution in [0.15, 0.2) is 5.38 Å². The lowest BCUT2D eigenvalue weighted by Gasteiger charge is -2.34. The number of amides is 1. The lowest BCUT2D eigenvalue weighted by Crippen LogP contribution is -2.44. The van der Waals surface area contributed by atoms with Crippen molar-refractivity contribution in [3.8, 4) is 0 Å². The van der Waals surface area contributed by atoms with Crippen LogP contribution in [0.3, 0.4) is 0 Å². The molecule has 3 rings (SSSR count). The van der Waals surface area contributed by atoms with E-state index in [0.717, 1.165) is 42.3 Å². The zero-order valence-electron chi connectivity index (χ0n) is 16.8. The van der Waals surface area contributed by atoms with Gasteiger partial charge in [-0.25, -0.2) is 4.98 Å². The molecule has 0 radical (unpaired) electrons. The van der Waals surface area contributed by atoms with Crippen LogP contribution in [-0.4, -0.2) is 50.9 Å². The van der Waals surface area contributed by atoms with Crippen LogP contribution in [0.2, 0.25) is 0 Å². The third-order valence-corrected chi connectivity index (χ3v) is 5.75. The third-order valence-electron chi connectivity index (χ3n) is 4.94. The second kappa shape index (κ2) is 8.50. The van der Waals surface area contributed by atoms with Crippen LogP contribution in [0.5, 0.6) is 0 Å². The molecule has 0 spiro atoms. The summed E-state index contributed by atoms with van der Waals surface area (Å²) in [5, 5.41) is 10.0. The highest BCUT2D eigenvalue weighted by Gasteiger charge is 2.22. The van der Waals surface area contributed by atoms with Gasteiger partial charge in [0, 0.05) is 44.2 Å². The van der Waals surface area contributed by atoms with E-state index >= 15 is 0 Å². The number of hydrogen-bond acceptors (Lipinski definition) is 6. The molecule has 1 fully saturated rings. The molecule has 0 bridgehead atoms. The number of carbonyl (C=O) groups excluding carboxylic acids is 1. The summed E-state index contributed by atoms with van der Waals surface area (Å²) in [7, 11) is 1.93. The zero-order chi connectivity index (χ0) is 19.6. The van der Waals surface area contributed by atoms with Gasteiger partial charge in [0.1, 0.15) is 0 Å². The average Bonchev–Trinajstić information content (AvgIpc) is 3.09. The highest BCUT2D eigenvalue weighted by Crippen LogP contribution is 2.20. The predicted molar refractivity (Wildman–Crippen MR) is 107 cm³/mol. The Balaban J connectivity index is 1.50. The minimum atomic E-state index is -0.00725. The molecule has 2 aromatic rings. The molecule has 0 aromatic carbocycles. The normalized spacial score (nSPS) is 20.8. The second-order valence-electron chi connectivity index (χ2n) is 7.42. The number of hydrogen-bond donors (Lipinski definition) is 1. The average molecular weight is 392 g/mol. The standard InChI is InChI=1S/C19H29N5O2S/c1-12-8-24(9-13(2)26-12)10-16-11-27-19(20-16)21-18(25)7-6-17-14(3)22-23(5)15(17)4/h11-13H,6-10H2,1-5H3,(H,20,21,25). The molecule has 3 heterocycles. The number of aromatic nitrogens is 3. The van der Waals surface area contributed by atoms with E-state index in [-0.39, 0.29) is 18.1 Å². The fourth-order valence-electron chi connectivity index (χ4n) is 3.68. The molecule has 2 atom stereocenters. The van der Waals surface area contributed by atoms with Gasteiger partial charge in [-0.05, 0) is 39.7 Å². The van der Waals surface area contributed by atoms with Gasteiger partial charge >= 0.3 is 0 Å². The van der Waals surface area contributed by atoms with Crippen LogP contribution in [0.4, 0.5) is 5.13 Å². The molecule has 1 saturated heterocycles. The molecule has 0 aliphatic carbocycles. The maximum atomic E-state index is 12.3. The number of anilines is 1. The number of morpholine rings is 1. The van der Waals surface area contributed by atoms with Gasteiger partial charge in [-0.15, -0.1) is 11.3 Å². The summed E-state index contributed by atoms with van der Waals surface area (Å²) in [4.78, 5) is 19.2. The predicted octanol–water partition coefficient (Wildman–Crippen LogP) is 2.67. The Labute approximate surface area is 164 Å². The molecule has 1 N–H and O–H groups in total. The minimum Gasteiger partial charge on any atom is -0.373 e. The van der Waals surface area contributed by atoms with Gasteiger partial charge in [-0.2, -0.15) is 5.10 Å². The van der Waals surface area contributed by atoms with Crippen molar-refractivity contribution in [2.24, 2.45) is 7.05 Å². The molecule has 2 aromatic heterocycles. The Morgan fingerprint density at radius 1 is 1.33 bits per heavy atom. The minimum absolute atomic E-state index is 0.00725. The van der Waals surface area contributed by atoms with Crippen LogP contribution in [0.1, 0.15) is 42.9 Å². The van der Waals surface area contributed by atoms with E-state index in [1.807, 2.05) is 31.0 Å². The molecule has 2 unspecified atom stereocenters. The molecule has 148 valence electrons. The molecular weight excluding hydrogens is 362 g/mol. The number of aryl methyl sites for hydroxylation is 2. The van der Waals surface area contributed by atoms with Crippen LogP contribution in [0.25, 0.3) is 0 Å². The van der Waals surface area contributed by atoms with Gasteiger partial charge in [0.25, 0.3) is 0 Å². The van der Waals surface area contributed by atoms with Crippen molar-refractivity contribution in [3.05, 3.63) is 28.0 Å². The number of nitrogens with one attached hydrogen (secondary N) is 1. The summed E-state index contributed by atoms with van der Waals surface area (Å²) in [6.07, 6.45) is 1.61. The first-order valence-electron chi connectivity index (χ1n) is 9.43. The van der Waals surface area contributed by atoms with E-state index in [1.165, 1.54) is 11.3 Å². The van der Waals surface area contributed by atoms with E-state index in [2.05, 4.69) is 34.1 Å². The van der Waals surface area contributed by atoms with Gasteiger partial charge in [0.2, 0.25) is 5.91 Å². The molecule has 27 heavy (non-hydrogen) atoms.